The summed E-state index contributed by atoms with van der Waals surface area (Å²) in [5, 5.41) is 12.6. The van der Waals surface area contributed by atoms with E-state index in [9.17, 15) is 19.5 Å². The van der Waals surface area contributed by atoms with E-state index in [-0.39, 0.29) is 41.2 Å². The minimum Gasteiger partial charge on any atom is -0.462 e. The number of epoxide rings is 1. The number of cyclic esters (lactones) is 2. The second-order valence-corrected chi connectivity index (χ2v) is 14.0. The molecule has 1 N–H and O–H groups in total. The van der Waals surface area contributed by atoms with Crippen LogP contribution in [-0.4, -0.2) is 58.1 Å². The molecular weight excluding hydrogens is 512 g/mol. The van der Waals surface area contributed by atoms with Crippen LogP contribution in [-0.2, 0) is 33.3 Å². The highest BCUT2D eigenvalue weighted by Gasteiger charge is 2.80. The third-order valence-electron chi connectivity index (χ3n) is 11.5. The van der Waals surface area contributed by atoms with Gasteiger partial charge in [0.05, 0.1) is 11.5 Å². The van der Waals surface area contributed by atoms with Gasteiger partial charge in [0.1, 0.15) is 29.5 Å². The molecule has 3 aliphatic carbocycles. The Morgan fingerprint density at radius 3 is 2.65 bits per heavy atom. The Labute approximate surface area is 236 Å². The van der Waals surface area contributed by atoms with E-state index in [4.69, 9.17) is 18.9 Å². The lowest BCUT2D eigenvalue weighted by Gasteiger charge is -2.49. The van der Waals surface area contributed by atoms with Crippen LogP contribution >= 0.6 is 0 Å². The molecule has 1 spiro atoms. The molecule has 0 unspecified atom stereocenters. The minimum absolute atomic E-state index is 0.0247. The van der Waals surface area contributed by atoms with E-state index in [1.807, 2.05) is 19.9 Å². The Morgan fingerprint density at radius 1 is 1.25 bits per heavy atom. The lowest BCUT2D eigenvalue weighted by atomic mass is 9.57. The van der Waals surface area contributed by atoms with Gasteiger partial charge in [0, 0.05) is 25.0 Å². The molecule has 6 aliphatic rings. The zero-order valence-electron chi connectivity index (χ0n) is 24.4. The third-order valence-corrected chi connectivity index (χ3v) is 11.5. The highest BCUT2D eigenvalue weighted by Crippen LogP contribution is 2.71. The summed E-state index contributed by atoms with van der Waals surface area (Å²) >= 11 is 0. The van der Waals surface area contributed by atoms with E-state index in [0.29, 0.717) is 24.8 Å². The summed E-state index contributed by atoms with van der Waals surface area (Å²) in [7, 11) is 0. The summed E-state index contributed by atoms with van der Waals surface area (Å²) in [4.78, 5) is 37.2. The summed E-state index contributed by atoms with van der Waals surface area (Å²) in [6, 6.07) is 0. The highest BCUT2D eigenvalue weighted by molar-refractivity contribution is 5.88. The standard InChI is InChI=1S/C32H42O8/c1-16-8-9-22(38-27(16)35)18(3)20-10-12-30(7)21(17(20)2)15-31(36)24(30)14-23(37-19(4)33)26-29(5,6)39-25(34)11-13-32(26)28(31)40-32/h8,11,13,18,20-24,26,28,36H,2,9-10,12,14-15H2,1,3-7H3/t18-,20-,21+,22-,23-,24+,26+,28-,30-,31-,32+/m1/s1. The first-order chi connectivity index (χ1) is 18.6. The summed E-state index contributed by atoms with van der Waals surface area (Å²) in [5.74, 6) is -1.54. The molecule has 0 aromatic carbocycles. The number of hydrogen-bond acceptors (Lipinski definition) is 8. The highest BCUT2D eigenvalue weighted by atomic mass is 16.6. The normalized spacial score (nSPS) is 47.6. The summed E-state index contributed by atoms with van der Waals surface area (Å²) < 4.78 is 24.1. The predicted octanol–water partition coefficient (Wildman–Crippen LogP) is 4.20. The van der Waals surface area contributed by atoms with Crippen LogP contribution in [0.25, 0.3) is 0 Å². The van der Waals surface area contributed by atoms with Gasteiger partial charge in [0.25, 0.3) is 0 Å². The maximum absolute atomic E-state index is 12.6. The van der Waals surface area contributed by atoms with E-state index < -0.39 is 46.9 Å². The van der Waals surface area contributed by atoms with Crippen LogP contribution in [0.3, 0.4) is 0 Å². The first kappa shape index (κ1) is 27.7. The number of esters is 3. The molecule has 0 amide bonds. The van der Waals surface area contributed by atoms with Crippen molar-refractivity contribution in [3.63, 3.8) is 0 Å². The van der Waals surface area contributed by atoms with E-state index in [1.54, 1.807) is 13.0 Å². The van der Waals surface area contributed by atoms with Crippen LogP contribution in [0.15, 0.2) is 36.0 Å². The molecule has 0 aromatic heterocycles. The van der Waals surface area contributed by atoms with E-state index in [1.165, 1.54) is 13.0 Å². The van der Waals surface area contributed by atoms with E-state index in [2.05, 4.69) is 20.4 Å². The number of ether oxygens (including phenoxy) is 4. The second kappa shape index (κ2) is 8.78. The quantitative estimate of drug-likeness (QED) is 0.239. The van der Waals surface area contributed by atoms with Crippen LogP contribution in [0.5, 0.6) is 0 Å². The number of allylic oxidation sites excluding steroid dienone is 1. The van der Waals surface area contributed by atoms with Gasteiger partial charge in [-0.15, -0.1) is 0 Å². The lowest BCUT2D eigenvalue weighted by Crippen LogP contribution is -2.51. The molecular formula is C32H42O8. The molecule has 218 valence electrons. The molecule has 3 heterocycles. The third kappa shape index (κ3) is 3.81. The van der Waals surface area contributed by atoms with Crippen molar-refractivity contribution in [2.24, 2.45) is 35.0 Å². The Kier molecular flexibility index (Phi) is 6.08. The number of fused-ring (bicyclic) bond motifs is 4. The monoisotopic (exact) mass is 554 g/mol. The summed E-state index contributed by atoms with van der Waals surface area (Å²) in [6.07, 6.45) is 7.08. The molecule has 3 saturated carbocycles. The maximum Gasteiger partial charge on any atom is 0.333 e. The van der Waals surface area contributed by atoms with Gasteiger partial charge in [0.2, 0.25) is 0 Å². The van der Waals surface area contributed by atoms with Gasteiger partial charge in [-0.25, -0.2) is 9.59 Å². The van der Waals surface area contributed by atoms with Gasteiger partial charge < -0.3 is 24.1 Å². The summed E-state index contributed by atoms with van der Waals surface area (Å²) in [6.45, 7) is 15.8. The van der Waals surface area contributed by atoms with Gasteiger partial charge >= 0.3 is 17.9 Å². The topological polar surface area (TPSA) is 112 Å². The van der Waals surface area contributed by atoms with Gasteiger partial charge in [-0.2, -0.15) is 0 Å². The Morgan fingerprint density at radius 2 is 1.98 bits per heavy atom. The molecule has 4 fully saturated rings. The van der Waals surface area contributed by atoms with Crippen molar-refractivity contribution in [3.05, 3.63) is 36.0 Å². The second-order valence-electron chi connectivity index (χ2n) is 14.0. The number of rotatable bonds is 3. The van der Waals surface area contributed by atoms with Gasteiger partial charge in [-0.1, -0.05) is 32.1 Å². The van der Waals surface area contributed by atoms with Crippen molar-refractivity contribution in [2.45, 2.75) is 109 Å². The minimum atomic E-state index is -1.20. The van der Waals surface area contributed by atoms with Crippen molar-refractivity contribution in [2.75, 3.05) is 0 Å². The van der Waals surface area contributed by atoms with Crippen molar-refractivity contribution in [1.29, 1.82) is 0 Å². The van der Waals surface area contributed by atoms with Crippen LogP contribution in [0.2, 0.25) is 0 Å². The predicted molar refractivity (Wildman–Crippen MR) is 145 cm³/mol. The Hall–Kier alpha value is -2.45. The van der Waals surface area contributed by atoms with Crippen LogP contribution in [0.1, 0.15) is 73.6 Å². The average Bonchev–Trinajstić information content (AvgIpc) is 3.56. The first-order valence-electron chi connectivity index (χ1n) is 14.7. The number of carbonyl (C=O) groups is 3. The zero-order valence-corrected chi connectivity index (χ0v) is 24.4. The fourth-order valence-corrected chi connectivity index (χ4v) is 9.59. The molecule has 0 aromatic rings. The largest absolute Gasteiger partial charge is 0.462 e. The zero-order chi connectivity index (χ0) is 29.0. The fraction of sp³-hybridized carbons (Fsp3) is 0.719. The van der Waals surface area contributed by atoms with Crippen LogP contribution in [0.4, 0.5) is 0 Å². The molecule has 3 aliphatic heterocycles. The van der Waals surface area contributed by atoms with E-state index >= 15 is 0 Å². The van der Waals surface area contributed by atoms with Gasteiger partial charge in [-0.05, 0) is 81.6 Å². The molecule has 6 rings (SSSR count). The maximum atomic E-state index is 12.6. The fourth-order valence-electron chi connectivity index (χ4n) is 9.59. The summed E-state index contributed by atoms with van der Waals surface area (Å²) in [5.41, 5.74) is -1.70. The number of hydrogen-bond donors (Lipinski definition) is 1. The molecule has 8 heteroatoms. The van der Waals surface area contributed by atoms with E-state index in [0.717, 1.165) is 18.4 Å². The lowest BCUT2D eigenvalue weighted by molar-refractivity contribution is -0.174. The average molecular weight is 555 g/mol. The Balaban J connectivity index is 1.35. The van der Waals surface area contributed by atoms with Crippen LogP contribution < -0.4 is 0 Å². The van der Waals surface area contributed by atoms with Crippen molar-refractivity contribution in [3.8, 4) is 0 Å². The van der Waals surface area contributed by atoms with Crippen molar-refractivity contribution < 1.29 is 38.4 Å². The van der Waals surface area contributed by atoms with Crippen molar-refractivity contribution in [1.82, 2.24) is 0 Å². The molecule has 40 heavy (non-hydrogen) atoms. The number of carbonyl (C=O) groups excluding carboxylic acids is 3. The molecule has 0 bridgehead atoms. The SMILES string of the molecule is C=C1[C@H]([C@@H](C)[C@H]2CC=C(C)C(=O)O2)CC[C@]2(C)[C@H]1C[C@]1(O)[C@H]3O[C@]34C=CC(=O)OC(C)(C)[C@@H]4[C@H](OC(C)=O)C[C@@H]21. The molecule has 8 nitrogen and oxygen atoms in total. The van der Waals surface area contributed by atoms with Crippen molar-refractivity contribution >= 4 is 17.9 Å². The Bertz CT molecular complexity index is 1230. The first-order valence-corrected chi connectivity index (χ1v) is 14.7. The molecule has 1 saturated heterocycles. The number of aliphatic hydroxyl groups is 1. The van der Waals surface area contributed by atoms with Gasteiger partial charge in [0.15, 0.2) is 0 Å². The molecule has 0 radical (unpaired) electrons. The van der Waals surface area contributed by atoms with Gasteiger partial charge in [-0.3, -0.25) is 4.79 Å². The molecule has 11 atom stereocenters. The smallest absolute Gasteiger partial charge is 0.333 e. The van der Waals surface area contributed by atoms with Crippen LogP contribution in [0, 0.1) is 35.0 Å².